The fourth-order valence-electron chi connectivity index (χ4n) is 2.05. The second kappa shape index (κ2) is 6.36. The summed E-state index contributed by atoms with van der Waals surface area (Å²) >= 11 is 3.42. The molecule has 1 aliphatic carbocycles. The predicted octanol–water partition coefficient (Wildman–Crippen LogP) is 2.97. The number of rotatable bonds is 4. The number of carbonyl (C=O) groups excluding carboxylic acids is 2. The molecule has 0 heterocycles. The molecule has 3 amide bonds. The summed E-state index contributed by atoms with van der Waals surface area (Å²) in [6.45, 7) is -0.194. The Morgan fingerprint density at radius 3 is 2.64 bits per heavy atom. The lowest BCUT2D eigenvalue weighted by atomic mass is 10.1. The summed E-state index contributed by atoms with van der Waals surface area (Å²) in [7, 11) is 0. The number of urea groups is 1. The molecule has 2 aromatic carbocycles. The van der Waals surface area contributed by atoms with Crippen molar-refractivity contribution >= 4 is 38.6 Å². The minimum Gasteiger partial charge on any atom is -0.484 e. The number of hydrogen-bond donors (Lipinski definition) is 2. The van der Waals surface area contributed by atoms with Crippen molar-refractivity contribution in [1.29, 1.82) is 0 Å². The minimum atomic E-state index is -0.464. The van der Waals surface area contributed by atoms with Crippen molar-refractivity contribution in [1.82, 2.24) is 10.6 Å². The van der Waals surface area contributed by atoms with E-state index < -0.39 is 11.9 Å². The Hall–Kier alpha value is -2.08. The molecule has 1 saturated carbocycles. The molecule has 0 aromatic heterocycles. The van der Waals surface area contributed by atoms with Crippen LogP contribution in [0.3, 0.4) is 0 Å². The third kappa shape index (κ3) is 3.98. The Morgan fingerprint density at radius 2 is 1.86 bits per heavy atom. The Bertz CT molecular complexity index is 728. The first-order valence-corrected chi connectivity index (χ1v) is 7.82. The number of halogens is 1. The highest BCUT2D eigenvalue weighted by atomic mass is 79.9. The lowest BCUT2D eigenvalue weighted by Gasteiger charge is -2.08. The first-order valence-electron chi connectivity index (χ1n) is 7.02. The van der Waals surface area contributed by atoms with Crippen molar-refractivity contribution < 1.29 is 14.3 Å². The third-order valence-corrected chi connectivity index (χ3v) is 3.80. The van der Waals surface area contributed by atoms with Gasteiger partial charge in [-0.15, -0.1) is 0 Å². The number of imide groups is 1. The first kappa shape index (κ1) is 14.8. The van der Waals surface area contributed by atoms with Crippen molar-refractivity contribution in [3.63, 3.8) is 0 Å². The van der Waals surface area contributed by atoms with E-state index in [1.807, 2.05) is 30.3 Å². The summed E-state index contributed by atoms with van der Waals surface area (Å²) in [4.78, 5) is 23.1. The van der Waals surface area contributed by atoms with Gasteiger partial charge < -0.3 is 10.1 Å². The fraction of sp³-hybridized carbons (Fsp3) is 0.250. The van der Waals surface area contributed by atoms with Crippen LogP contribution >= 0.6 is 15.9 Å². The normalized spacial score (nSPS) is 13.7. The van der Waals surface area contributed by atoms with Gasteiger partial charge in [-0.3, -0.25) is 10.1 Å². The summed E-state index contributed by atoms with van der Waals surface area (Å²) in [6.07, 6.45) is 1.95. The lowest BCUT2D eigenvalue weighted by Crippen LogP contribution is -2.42. The van der Waals surface area contributed by atoms with E-state index in [4.69, 9.17) is 4.74 Å². The van der Waals surface area contributed by atoms with Crippen LogP contribution in [0.15, 0.2) is 40.9 Å². The zero-order valence-electron chi connectivity index (χ0n) is 11.8. The van der Waals surface area contributed by atoms with Crippen LogP contribution in [0, 0.1) is 0 Å². The molecule has 0 aliphatic heterocycles. The number of amides is 3. The van der Waals surface area contributed by atoms with Crippen LogP contribution < -0.4 is 15.4 Å². The summed E-state index contributed by atoms with van der Waals surface area (Å²) in [5, 5.41) is 7.03. The highest BCUT2D eigenvalue weighted by Gasteiger charge is 2.23. The molecule has 0 bridgehead atoms. The Balaban J connectivity index is 1.55. The van der Waals surface area contributed by atoms with Crippen molar-refractivity contribution in [2.24, 2.45) is 0 Å². The van der Waals surface area contributed by atoms with E-state index in [9.17, 15) is 9.59 Å². The van der Waals surface area contributed by atoms with Gasteiger partial charge in [-0.25, -0.2) is 4.79 Å². The maximum absolute atomic E-state index is 11.6. The van der Waals surface area contributed by atoms with Crippen LogP contribution in [0.25, 0.3) is 10.8 Å². The predicted molar refractivity (Wildman–Crippen MR) is 86.8 cm³/mol. The third-order valence-electron chi connectivity index (χ3n) is 3.31. The topological polar surface area (TPSA) is 67.4 Å². The summed E-state index contributed by atoms with van der Waals surface area (Å²) < 4.78 is 6.43. The maximum atomic E-state index is 11.6. The molecule has 3 rings (SSSR count). The highest BCUT2D eigenvalue weighted by Crippen LogP contribution is 2.24. The average molecular weight is 363 g/mol. The summed E-state index contributed by atoms with van der Waals surface area (Å²) in [6, 6.07) is 11.3. The van der Waals surface area contributed by atoms with Gasteiger partial charge in [-0.1, -0.05) is 28.1 Å². The number of carbonyl (C=O) groups is 2. The molecule has 1 aliphatic rings. The molecule has 2 N–H and O–H groups in total. The van der Waals surface area contributed by atoms with Crippen LogP contribution in [-0.4, -0.2) is 24.6 Å². The van der Waals surface area contributed by atoms with Gasteiger partial charge in [0.05, 0.1) is 0 Å². The Labute approximate surface area is 136 Å². The van der Waals surface area contributed by atoms with E-state index in [0.717, 1.165) is 28.1 Å². The van der Waals surface area contributed by atoms with E-state index in [-0.39, 0.29) is 12.6 Å². The molecule has 114 valence electrons. The zero-order chi connectivity index (χ0) is 15.5. The second-order valence-corrected chi connectivity index (χ2v) is 6.15. The van der Waals surface area contributed by atoms with E-state index >= 15 is 0 Å². The molecular weight excluding hydrogens is 348 g/mol. The standard InChI is InChI=1S/C16H15BrN2O3/c17-12-3-1-11-8-14(6-2-10(11)7-12)22-9-15(20)19-16(21)18-13-4-5-13/h1-3,6-8,13H,4-5,9H2,(H2,18,19,20,21). The maximum Gasteiger partial charge on any atom is 0.321 e. The molecular formula is C16H15BrN2O3. The second-order valence-electron chi connectivity index (χ2n) is 5.24. The van der Waals surface area contributed by atoms with Gasteiger partial charge in [0.2, 0.25) is 0 Å². The summed E-state index contributed by atoms with van der Waals surface area (Å²) in [5.41, 5.74) is 0. The lowest BCUT2D eigenvalue weighted by molar-refractivity contribution is -0.122. The monoisotopic (exact) mass is 362 g/mol. The van der Waals surface area contributed by atoms with Crippen LogP contribution in [-0.2, 0) is 4.79 Å². The van der Waals surface area contributed by atoms with Gasteiger partial charge in [-0.05, 0) is 47.9 Å². The van der Waals surface area contributed by atoms with Crippen molar-refractivity contribution in [2.75, 3.05) is 6.61 Å². The zero-order valence-corrected chi connectivity index (χ0v) is 13.4. The summed E-state index contributed by atoms with van der Waals surface area (Å²) in [5.74, 6) is 0.127. The number of benzene rings is 2. The number of nitrogens with one attached hydrogen (secondary N) is 2. The van der Waals surface area contributed by atoms with Gasteiger partial charge in [0.25, 0.3) is 5.91 Å². The SMILES string of the molecule is O=C(COc1ccc2cc(Br)ccc2c1)NC(=O)NC1CC1. The number of fused-ring (bicyclic) bond motifs is 1. The van der Waals surface area contributed by atoms with E-state index in [0.29, 0.717) is 5.75 Å². The average Bonchev–Trinajstić information content (AvgIpc) is 3.28. The van der Waals surface area contributed by atoms with E-state index in [1.165, 1.54) is 0 Å². The molecule has 1 fully saturated rings. The van der Waals surface area contributed by atoms with E-state index in [2.05, 4.69) is 26.6 Å². The quantitative estimate of drug-likeness (QED) is 0.878. The number of hydrogen-bond acceptors (Lipinski definition) is 3. The molecule has 0 saturated heterocycles. The minimum absolute atomic E-state index is 0.194. The molecule has 5 nitrogen and oxygen atoms in total. The van der Waals surface area contributed by atoms with Crippen LogP contribution in [0.4, 0.5) is 4.79 Å². The van der Waals surface area contributed by atoms with Crippen LogP contribution in [0.1, 0.15) is 12.8 Å². The van der Waals surface area contributed by atoms with Gasteiger partial charge in [0, 0.05) is 10.5 Å². The van der Waals surface area contributed by atoms with Gasteiger partial charge in [0.15, 0.2) is 6.61 Å². The molecule has 0 unspecified atom stereocenters. The van der Waals surface area contributed by atoms with Crippen LogP contribution in [0.5, 0.6) is 5.75 Å². The largest absolute Gasteiger partial charge is 0.484 e. The molecule has 6 heteroatoms. The van der Waals surface area contributed by atoms with Crippen molar-refractivity contribution in [2.45, 2.75) is 18.9 Å². The molecule has 0 radical (unpaired) electrons. The Morgan fingerprint density at radius 1 is 1.14 bits per heavy atom. The number of ether oxygens (including phenoxy) is 1. The van der Waals surface area contributed by atoms with E-state index in [1.54, 1.807) is 6.07 Å². The molecule has 0 atom stereocenters. The molecule has 2 aromatic rings. The van der Waals surface area contributed by atoms with Crippen molar-refractivity contribution in [3.05, 3.63) is 40.9 Å². The van der Waals surface area contributed by atoms with Crippen molar-refractivity contribution in [3.8, 4) is 5.75 Å². The molecule has 0 spiro atoms. The molecule has 22 heavy (non-hydrogen) atoms. The van der Waals surface area contributed by atoms with Gasteiger partial charge in [0.1, 0.15) is 5.75 Å². The van der Waals surface area contributed by atoms with Gasteiger partial charge >= 0.3 is 6.03 Å². The van der Waals surface area contributed by atoms with Crippen LogP contribution in [0.2, 0.25) is 0 Å². The highest BCUT2D eigenvalue weighted by molar-refractivity contribution is 9.10. The smallest absolute Gasteiger partial charge is 0.321 e. The first-order chi connectivity index (χ1) is 10.6. The van der Waals surface area contributed by atoms with Gasteiger partial charge in [-0.2, -0.15) is 0 Å². The Kier molecular flexibility index (Phi) is 4.29. The fourth-order valence-corrected chi connectivity index (χ4v) is 2.42.